The number of thiophene rings is 1. The first kappa shape index (κ1) is 17.1. The summed E-state index contributed by atoms with van der Waals surface area (Å²) in [4.78, 5) is 17.1. The van der Waals surface area contributed by atoms with E-state index in [1.807, 2.05) is 7.05 Å². The first-order valence-electron chi connectivity index (χ1n) is 9.40. The second kappa shape index (κ2) is 7.09. The van der Waals surface area contributed by atoms with Crippen LogP contribution in [0.4, 0.5) is 0 Å². The van der Waals surface area contributed by atoms with Crippen molar-refractivity contribution in [3.05, 3.63) is 23.2 Å². The SMILES string of the molecule is Cn1c(C(=O)N(C[C@H]2CCCO2)C2CC[NH+](C)CC2)cc2sccc21. The number of fused-ring (bicyclic) bond motifs is 1. The highest BCUT2D eigenvalue weighted by atomic mass is 32.1. The molecule has 2 aliphatic heterocycles. The minimum Gasteiger partial charge on any atom is -0.376 e. The Kier molecular flexibility index (Phi) is 4.84. The molecule has 6 heteroatoms. The lowest BCUT2D eigenvalue weighted by atomic mass is 10.0. The van der Waals surface area contributed by atoms with Gasteiger partial charge in [0.2, 0.25) is 0 Å². The summed E-state index contributed by atoms with van der Waals surface area (Å²) < 4.78 is 9.09. The highest BCUT2D eigenvalue weighted by molar-refractivity contribution is 7.17. The zero-order valence-electron chi connectivity index (χ0n) is 15.2. The molecule has 5 nitrogen and oxygen atoms in total. The number of amides is 1. The normalized spacial score (nSPS) is 27.0. The van der Waals surface area contributed by atoms with Crippen LogP contribution in [0.2, 0.25) is 0 Å². The summed E-state index contributed by atoms with van der Waals surface area (Å²) in [6.07, 6.45) is 4.57. The fraction of sp³-hybridized carbons (Fsp3) is 0.632. The van der Waals surface area contributed by atoms with Crippen LogP contribution < -0.4 is 4.90 Å². The first-order chi connectivity index (χ1) is 12.1. The first-order valence-corrected chi connectivity index (χ1v) is 10.3. The van der Waals surface area contributed by atoms with Crippen LogP contribution in [0.15, 0.2) is 17.5 Å². The topological polar surface area (TPSA) is 38.9 Å². The zero-order valence-corrected chi connectivity index (χ0v) is 16.0. The Labute approximate surface area is 153 Å². The van der Waals surface area contributed by atoms with Gasteiger partial charge in [0, 0.05) is 39.1 Å². The van der Waals surface area contributed by atoms with Crippen LogP contribution in [0.3, 0.4) is 0 Å². The van der Waals surface area contributed by atoms with Gasteiger partial charge >= 0.3 is 0 Å². The van der Waals surface area contributed by atoms with Gasteiger partial charge in [0.1, 0.15) is 5.69 Å². The van der Waals surface area contributed by atoms with Crippen molar-refractivity contribution in [3.8, 4) is 0 Å². The minimum atomic E-state index is 0.172. The van der Waals surface area contributed by atoms with Gasteiger partial charge < -0.3 is 19.1 Å². The third-order valence-corrected chi connectivity index (χ3v) is 6.67. The number of carbonyl (C=O) groups excluding carboxylic acids is 1. The largest absolute Gasteiger partial charge is 0.376 e. The Hall–Kier alpha value is -1.37. The molecule has 0 aliphatic carbocycles. The van der Waals surface area contributed by atoms with E-state index in [9.17, 15) is 4.79 Å². The Morgan fingerprint density at radius 2 is 2.20 bits per heavy atom. The van der Waals surface area contributed by atoms with Crippen LogP contribution in [-0.2, 0) is 11.8 Å². The average molecular weight is 363 g/mol. The minimum absolute atomic E-state index is 0.172. The molecule has 1 atom stereocenters. The molecule has 1 N–H and O–H groups in total. The predicted molar refractivity (Wildman–Crippen MR) is 100 cm³/mol. The van der Waals surface area contributed by atoms with Gasteiger partial charge in [0.05, 0.1) is 36.5 Å². The van der Waals surface area contributed by atoms with Crippen LogP contribution in [0.5, 0.6) is 0 Å². The maximum absolute atomic E-state index is 13.4. The highest BCUT2D eigenvalue weighted by Gasteiger charge is 2.33. The third-order valence-electron chi connectivity index (χ3n) is 5.82. The van der Waals surface area contributed by atoms with E-state index in [0.717, 1.165) is 63.1 Å². The maximum atomic E-state index is 13.4. The third kappa shape index (κ3) is 3.35. The van der Waals surface area contributed by atoms with E-state index in [0.29, 0.717) is 6.04 Å². The predicted octanol–water partition coefficient (Wildman–Crippen LogP) is 1.54. The van der Waals surface area contributed by atoms with Crippen molar-refractivity contribution in [3.63, 3.8) is 0 Å². The smallest absolute Gasteiger partial charge is 0.270 e. The number of nitrogens with one attached hydrogen (secondary N) is 1. The molecule has 2 fully saturated rings. The molecular formula is C19H28N3O2S+. The monoisotopic (exact) mass is 362 g/mol. The molecule has 0 aromatic carbocycles. The molecule has 0 bridgehead atoms. The van der Waals surface area contributed by atoms with Crippen molar-refractivity contribution < 1.29 is 14.4 Å². The van der Waals surface area contributed by atoms with E-state index in [-0.39, 0.29) is 12.0 Å². The number of hydrogen-bond acceptors (Lipinski definition) is 3. The fourth-order valence-corrected chi connectivity index (χ4v) is 5.06. The van der Waals surface area contributed by atoms with Gasteiger partial charge in [0.25, 0.3) is 5.91 Å². The van der Waals surface area contributed by atoms with Gasteiger partial charge in [-0.05, 0) is 30.4 Å². The lowest BCUT2D eigenvalue weighted by Crippen LogP contribution is -3.10. The van der Waals surface area contributed by atoms with Crippen molar-refractivity contribution >= 4 is 27.5 Å². The maximum Gasteiger partial charge on any atom is 0.270 e. The molecule has 136 valence electrons. The van der Waals surface area contributed by atoms with Crippen molar-refractivity contribution in [1.82, 2.24) is 9.47 Å². The molecule has 2 aromatic rings. The van der Waals surface area contributed by atoms with E-state index >= 15 is 0 Å². The average Bonchev–Trinajstić information content (AvgIpc) is 3.33. The van der Waals surface area contributed by atoms with E-state index < -0.39 is 0 Å². The van der Waals surface area contributed by atoms with Crippen molar-refractivity contribution in [2.24, 2.45) is 7.05 Å². The molecule has 0 unspecified atom stereocenters. The number of rotatable bonds is 4. The lowest BCUT2D eigenvalue weighted by Gasteiger charge is -2.37. The van der Waals surface area contributed by atoms with E-state index in [1.54, 1.807) is 16.2 Å². The van der Waals surface area contributed by atoms with Gasteiger partial charge in [-0.2, -0.15) is 0 Å². The number of ether oxygens (including phenoxy) is 1. The molecule has 4 rings (SSSR count). The number of carbonyl (C=O) groups is 1. The summed E-state index contributed by atoms with van der Waals surface area (Å²) in [5, 5.41) is 2.09. The Bertz CT molecular complexity index is 739. The number of quaternary nitrogens is 1. The summed E-state index contributed by atoms with van der Waals surface area (Å²) in [7, 11) is 4.25. The van der Waals surface area contributed by atoms with Gasteiger partial charge in [-0.3, -0.25) is 4.79 Å². The summed E-state index contributed by atoms with van der Waals surface area (Å²) in [5.74, 6) is 0.172. The number of aromatic nitrogens is 1. The number of nitrogens with zero attached hydrogens (tertiary/aromatic N) is 2. The van der Waals surface area contributed by atoms with Crippen LogP contribution in [0.1, 0.15) is 36.2 Å². The Morgan fingerprint density at radius 3 is 2.88 bits per heavy atom. The number of likely N-dealkylation sites (tertiary alicyclic amines) is 1. The summed E-state index contributed by atoms with van der Waals surface area (Å²) in [6.45, 7) is 3.86. The van der Waals surface area contributed by atoms with Crippen molar-refractivity contribution in [2.75, 3.05) is 33.3 Å². The number of piperidine rings is 1. The zero-order chi connectivity index (χ0) is 17.4. The van der Waals surface area contributed by atoms with Crippen LogP contribution in [0.25, 0.3) is 10.2 Å². The fourth-order valence-electron chi connectivity index (χ4n) is 4.21. The van der Waals surface area contributed by atoms with Gasteiger partial charge in [0.15, 0.2) is 0 Å². The Morgan fingerprint density at radius 1 is 1.40 bits per heavy atom. The van der Waals surface area contributed by atoms with E-state index in [1.165, 1.54) is 4.70 Å². The van der Waals surface area contributed by atoms with Crippen LogP contribution in [0, 0.1) is 0 Å². The van der Waals surface area contributed by atoms with Gasteiger partial charge in [-0.25, -0.2) is 0 Å². The molecule has 1 amide bonds. The molecule has 0 saturated carbocycles. The highest BCUT2D eigenvalue weighted by Crippen LogP contribution is 2.27. The Balaban J connectivity index is 1.60. The summed E-state index contributed by atoms with van der Waals surface area (Å²) in [5.41, 5.74) is 1.96. The molecule has 2 aliphatic rings. The van der Waals surface area contributed by atoms with Gasteiger partial charge in [-0.1, -0.05) is 0 Å². The number of hydrogen-bond donors (Lipinski definition) is 1. The second-order valence-corrected chi connectivity index (χ2v) is 8.49. The molecular weight excluding hydrogens is 334 g/mol. The molecule has 2 saturated heterocycles. The molecule has 4 heterocycles. The molecule has 2 aromatic heterocycles. The number of aryl methyl sites for hydroxylation is 1. The van der Waals surface area contributed by atoms with Crippen LogP contribution >= 0.6 is 11.3 Å². The summed E-state index contributed by atoms with van der Waals surface area (Å²) >= 11 is 1.70. The molecule has 0 spiro atoms. The second-order valence-electron chi connectivity index (χ2n) is 7.54. The van der Waals surface area contributed by atoms with Crippen LogP contribution in [-0.4, -0.2) is 60.8 Å². The van der Waals surface area contributed by atoms with Crippen molar-refractivity contribution in [1.29, 1.82) is 0 Å². The lowest BCUT2D eigenvalue weighted by molar-refractivity contribution is -0.885. The summed E-state index contributed by atoms with van der Waals surface area (Å²) in [6, 6.07) is 4.50. The molecule has 0 radical (unpaired) electrons. The van der Waals surface area contributed by atoms with E-state index in [2.05, 4.69) is 34.0 Å². The van der Waals surface area contributed by atoms with Gasteiger partial charge in [-0.15, -0.1) is 11.3 Å². The molecule has 25 heavy (non-hydrogen) atoms. The standard InChI is InChI=1S/C19H27N3O2S/c1-20-8-5-14(6-9-20)22(13-15-4-3-10-24-15)19(23)17-12-18-16(21(17)2)7-11-25-18/h7,11-12,14-15H,3-6,8-10,13H2,1-2H3/p+1/t15-/m1/s1. The van der Waals surface area contributed by atoms with Crippen molar-refractivity contribution in [2.45, 2.75) is 37.8 Å². The quantitative estimate of drug-likeness (QED) is 0.896. The van der Waals surface area contributed by atoms with E-state index in [4.69, 9.17) is 4.74 Å².